The monoisotopic (exact) mass is 344 g/mol. The van der Waals surface area contributed by atoms with Gasteiger partial charge in [-0.3, -0.25) is 9.36 Å². The first-order valence-electron chi connectivity index (χ1n) is 7.23. The molecule has 3 heterocycles. The molecule has 2 aromatic heterocycles. The predicted octanol–water partition coefficient (Wildman–Crippen LogP) is 1.62. The molecule has 122 valence electrons. The van der Waals surface area contributed by atoms with Gasteiger partial charge in [-0.25, -0.2) is 4.98 Å². The van der Waals surface area contributed by atoms with Crippen molar-refractivity contribution < 1.29 is 9.32 Å². The van der Waals surface area contributed by atoms with Crippen LogP contribution in [0.2, 0.25) is 5.02 Å². The second-order valence-corrected chi connectivity index (χ2v) is 5.83. The number of carbonyl (C=O) groups excluding carboxylic acids is 1. The van der Waals surface area contributed by atoms with Crippen molar-refractivity contribution in [3.05, 3.63) is 46.7 Å². The quantitative estimate of drug-likeness (QED) is 0.757. The van der Waals surface area contributed by atoms with Crippen molar-refractivity contribution in [2.24, 2.45) is 5.73 Å². The summed E-state index contributed by atoms with van der Waals surface area (Å²) < 4.78 is 6.89. The van der Waals surface area contributed by atoms with E-state index in [0.29, 0.717) is 40.2 Å². The second-order valence-electron chi connectivity index (χ2n) is 5.42. The highest BCUT2D eigenvalue weighted by molar-refractivity contribution is 6.34. The van der Waals surface area contributed by atoms with Crippen LogP contribution in [0.25, 0.3) is 17.2 Å². The summed E-state index contributed by atoms with van der Waals surface area (Å²) in [5.74, 6) is 0.518. The molecule has 1 aliphatic rings. The zero-order chi connectivity index (χ0) is 16.8. The Morgan fingerprint density at radius 3 is 3.00 bits per heavy atom. The minimum absolute atomic E-state index is 0.152. The summed E-state index contributed by atoms with van der Waals surface area (Å²) in [4.78, 5) is 22.9. The molecule has 0 unspecified atom stereocenters. The number of carbonyl (C=O) groups is 1. The molecule has 0 bridgehead atoms. The molecule has 3 aromatic rings. The first kappa shape index (κ1) is 14.9. The molecule has 8 nitrogen and oxygen atoms in total. The van der Waals surface area contributed by atoms with E-state index in [4.69, 9.17) is 21.9 Å². The number of amides is 1. The minimum atomic E-state index is -0.152. The summed E-state index contributed by atoms with van der Waals surface area (Å²) in [6.45, 7) is 0.492. The van der Waals surface area contributed by atoms with E-state index in [1.165, 1.54) is 0 Å². The van der Waals surface area contributed by atoms with Crippen LogP contribution in [0.15, 0.2) is 29.0 Å². The molecule has 0 fully saturated rings. The van der Waals surface area contributed by atoms with Gasteiger partial charge >= 0.3 is 0 Å². The van der Waals surface area contributed by atoms with Gasteiger partial charge in [0.2, 0.25) is 11.7 Å². The average molecular weight is 345 g/mol. The molecule has 1 aromatic carbocycles. The molecule has 0 spiro atoms. The number of hydrogen-bond donors (Lipinski definition) is 1. The van der Waals surface area contributed by atoms with Gasteiger partial charge in [-0.15, -0.1) is 0 Å². The Morgan fingerprint density at radius 1 is 1.42 bits per heavy atom. The number of benzene rings is 1. The third-order valence-corrected chi connectivity index (χ3v) is 4.23. The lowest BCUT2D eigenvalue weighted by Gasteiger charge is -2.14. The highest BCUT2D eigenvalue weighted by Gasteiger charge is 2.29. The fourth-order valence-corrected chi connectivity index (χ4v) is 3.02. The van der Waals surface area contributed by atoms with Crippen LogP contribution in [-0.4, -0.2) is 37.5 Å². The van der Waals surface area contributed by atoms with Gasteiger partial charge in [0.25, 0.3) is 5.91 Å². The van der Waals surface area contributed by atoms with Gasteiger partial charge in [-0.1, -0.05) is 22.8 Å². The molecule has 0 aliphatic carbocycles. The zero-order valence-corrected chi connectivity index (χ0v) is 13.5. The Morgan fingerprint density at radius 2 is 2.25 bits per heavy atom. The third kappa shape index (κ3) is 2.11. The smallest absolute Gasteiger partial charge is 0.257 e. The maximum atomic E-state index is 12.7. The van der Waals surface area contributed by atoms with Crippen molar-refractivity contribution in [2.45, 2.75) is 13.1 Å². The number of hydrogen-bond acceptors (Lipinski definition) is 6. The summed E-state index contributed by atoms with van der Waals surface area (Å²) in [6.07, 6.45) is 1.63. The van der Waals surface area contributed by atoms with Crippen LogP contribution in [0.4, 0.5) is 0 Å². The summed E-state index contributed by atoms with van der Waals surface area (Å²) in [5, 5.41) is 4.31. The third-order valence-electron chi connectivity index (χ3n) is 3.92. The lowest BCUT2D eigenvalue weighted by atomic mass is 10.1. The van der Waals surface area contributed by atoms with E-state index in [0.717, 1.165) is 5.69 Å². The van der Waals surface area contributed by atoms with Crippen LogP contribution < -0.4 is 5.73 Å². The van der Waals surface area contributed by atoms with E-state index in [2.05, 4.69) is 15.1 Å². The molecule has 24 heavy (non-hydrogen) atoms. The van der Waals surface area contributed by atoms with E-state index in [-0.39, 0.29) is 12.5 Å². The molecule has 0 atom stereocenters. The normalized spacial score (nSPS) is 13.6. The van der Waals surface area contributed by atoms with Crippen LogP contribution in [0.5, 0.6) is 0 Å². The summed E-state index contributed by atoms with van der Waals surface area (Å²) in [5.41, 5.74) is 7.95. The molecular weight excluding hydrogens is 332 g/mol. The topological polar surface area (TPSA) is 103 Å². The summed E-state index contributed by atoms with van der Waals surface area (Å²) in [7, 11) is 1.71. The van der Waals surface area contributed by atoms with Crippen molar-refractivity contribution >= 4 is 17.5 Å². The Labute approximate surface area is 141 Å². The molecule has 1 amide bonds. The van der Waals surface area contributed by atoms with Gasteiger partial charge in [0.05, 0.1) is 35.1 Å². The van der Waals surface area contributed by atoms with Gasteiger partial charge < -0.3 is 15.2 Å². The van der Waals surface area contributed by atoms with Crippen molar-refractivity contribution in [1.82, 2.24) is 24.6 Å². The van der Waals surface area contributed by atoms with Crippen molar-refractivity contribution in [2.75, 3.05) is 7.05 Å². The Bertz CT molecular complexity index is 947. The van der Waals surface area contributed by atoms with Gasteiger partial charge in [0, 0.05) is 7.05 Å². The molecule has 9 heteroatoms. The zero-order valence-electron chi connectivity index (χ0n) is 12.7. The lowest BCUT2D eigenvalue weighted by molar-refractivity contribution is 0.0788. The van der Waals surface area contributed by atoms with Crippen molar-refractivity contribution in [1.29, 1.82) is 0 Å². The fraction of sp³-hybridized carbons (Fsp3) is 0.200. The first-order valence-corrected chi connectivity index (χ1v) is 7.61. The largest absolute Gasteiger partial charge is 0.338 e. The maximum Gasteiger partial charge on any atom is 0.257 e. The molecular formula is C15H13ClN6O2. The predicted molar refractivity (Wildman–Crippen MR) is 85.6 cm³/mol. The summed E-state index contributed by atoms with van der Waals surface area (Å²) >= 11 is 6.25. The Balaban J connectivity index is 1.94. The molecule has 4 rings (SSSR count). The molecule has 0 radical (unpaired) electrons. The fourth-order valence-electron chi connectivity index (χ4n) is 2.77. The summed E-state index contributed by atoms with van der Waals surface area (Å²) in [6, 6.07) is 5.32. The Hall–Kier alpha value is -2.71. The second kappa shape index (κ2) is 5.43. The van der Waals surface area contributed by atoms with Crippen LogP contribution in [0, 0.1) is 0 Å². The van der Waals surface area contributed by atoms with Crippen molar-refractivity contribution in [3.8, 4) is 17.2 Å². The minimum Gasteiger partial charge on any atom is -0.338 e. The SMILES string of the molecule is CN1Cc2c(-c3noc(CN)n3)ncn2-c2cccc(Cl)c2C1=O. The average Bonchev–Trinajstić information content (AvgIpc) is 3.18. The van der Waals surface area contributed by atoms with Crippen LogP contribution in [0.1, 0.15) is 21.9 Å². The number of imidazole rings is 1. The first-order chi connectivity index (χ1) is 11.6. The van der Waals surface area contributed by atoms with Crippen LogP contribution >= 0.6 is 11.6 Å². The number of rotatable bonds is 2. The van der Waals surface area contributed by atoms with E-state index in [9.17, 15) is 4.79 Å². The Kier molecular flexibility index (Phi) is 3.36. The number of nitrogens with zero attached hydrogens (tertiary/aromatic N) is 5. The van der Waals surface area contributed by atoms with Crippen LogP contribution in [0.3, 0.4) is 0 Å². The van der Waals surface area contributed by atoms with E-state index >= 15 is 0 Å². The standard InChI is InChI=1S/C15H13ClN6O2/c1-21-6-10-13(14-19-11(5-17)24-20-14)18-7-22(10)9-4-2-3-8(16)12(9)15(21)23/h2-4,7H,5-6,17H2,1H3. The number of aromatic nitrogens is 4. The number of fused-ring (bicyclic) bond motifs is 3. The molecule has 2 N–H and O–H groups in total. The van der Waals surface area contributed by atoms with Gasteiger partial charge in [0.1, 0.15) is 12.0 Å². The van der Waals surface area contributed by atoms with E-state index in [1.807, 2.05) is 10.6 Å². The highest BCUT2D eigenvalue weighted by atomic mass is 35.5. The van der Waals surface area contributed by atoms with Gasteiger partial charge in [0.15, 0.2) is 0 Å². The van der Waals surface area contributed by atoms with Crippen LogP contribution in [-0.2, 0) is 13.1 Å². The maximum absolute atomic E-state index is 12.7. The van der Waals surface area contributed by atoms with Crippen molar-refractivity contribution in [3.63, 3.8) is 0 Å². The van der Waals surface area contributed by atoms with Gasteiger partial charge in [-0.2, -0.15) is 4.98 Å². The van der Waals surface area contributed by atoms with E-state index in [1.54, 1.807) is 30.4 Å². The number of nitrogens with two attached hydrogens (primary N) is 1. The lowest BCUT2D eigenvalue weighted by Crippen LogP contribution is -2.25. The molecule has 1 aliphatic heterocycles. The number of halogens is 1. The molecule has 0 saturated heterocycles. The highest BCUT2D eigenvalue weighted by Crippen LogP contribution is 2.32. The van der Waals surface area contributed by atoms with Gasteiger partial charge in [-0.05, 0) is 12.1 Å². The molecule has 0 saturated carbocycles. The van der Waals surface area contributed by atoms with E-state index < -0.39 is 0 Å².